The molecule has 0 saturated carbocycles. The maximum atomic E-state index is 12.9. The molecule has 532 valence electrons. The molecule has 33 heteroatoms. The van der Waals surface area contributed by atoms with Crippen LogP contribution in [0.5, 0.6) is 0 Å². The number of fused-ring (bicyclic) bond motifs is 3. The fourth-order valence-electron chi connectivity index (χ4n) is 10.7. The van der Waals surface area contributed by atoms with Crippen LogP contribution in [0.2, 0.25) is 0 Å². The lowest BCUT2D eigenvalue weighted by Gasteiger charge is -2.14. The number of aromatic amines is 3. The van der Waals surface area contributed by atoms with Crippen LogP contribution in [0, 0.1) is 0 Å². The number of nitrogens with two attached hydrogens (primary N) is 1. The predicted molar refractivity (Wildman–Crippen MR) is 382 cm³/mol. The number of para-hydroxylation sites is 1. The Kier molecular flexibility index (Phi) is 21.8. The van der Waals surface area contributed by atoms with Crippen molar-refractivity contribution in [1.29, 1.82) is 0 Å². The minimum absolute atomic E-state index is 0.0155. The number of hydrogen-bond acceptors (Lipinski definition) is 14. The van der Waals surface area contributed by atoms with Crippen LogP contribution in [0.15, 0.2) is 205 Å². The Balaban J connectivity index is 0.000000165. The third-order valence-electron chi connectivity index (χ3n) is 15.5. The van der Waals surface area contributed by atoms with Crippen LogP contribution in [-0.4, -0.2) is 101 Å². The first-order valence-electron chi connectivity index (χ1n) is 30.6. The molecule has 12 rings (SSSR count). The second-order valence-corrected chi connectivity index (χ2v) is 31.8. The van der Waals surface area contributed by atoms with Crippen molar-refractivity contribution in [3.63, 3.8) is 0 Å². The van der Waals surface area contributed by atoms with Crippen LogP contribution in [0.1, 0.15) is 51.4 Å². The second kappa shape index (κ2) is 30.0. The summed E-state index contributed by atoms with van der Waals surface area (Å²) in [6.07, 6.45) is 5.86. The van der Waals surface area contributed by atoms with E-state index < -0.39 is 61.1 Å². The van der Waals surface area contributed by atoms with Crippen LogP contribution in [0.3, 0.4) is 0 Å². The molecule has 0 radical (unpaired) electrons. The van der Waals surface area contributed by atoms with Crippen molar-refractivity contribution >= 4 is 112 Å². The van der Waals surface area contributed by atoms with Gasteiger partial charge in [0.15, 0.2) is 5.78 Å². The number of H-pyrrole nitrogens is 3. The average Bonchev–Trinajstić information content (AvgIpc) is 1.55. The zero-order chi connectivity index (χ0) is 73.6. The predicted octanol–water partition coefficient (Wildman–Crippen LogP) is 13.2. The van der Waals surface area contributed by atoms with Crippen molar-refractivity contribution in [2.75, 3.05) is 31.4 Å². The van der Waals surface area contributed by atoms with Gasteiger partial charge < -0.3 is 15.0 Å². The number of benzene rings is 9. The normalized spacial score (nSPS) is 12.3. The molecule has 0 aliphatic heterocycles. The smallest absolute Gasteiger partial charge is 0.342 e. The van der Waals surface area contributed by atoms with Crippen LogP contribution in [-0.2, 0) is 88.6 Å². The SMILES string of the molecule is CC(=O)c1ccccc1-c1ccc2nc(CCc3ccc(NS(=O)(=O)C(F)(F)F)cc3)[nH]c2c1.CS(=O)(=O)Nc1ccc(CCc2nc3ccc(-c4ccccc4NS(=O)(=O)C(F)(F)F)cc3[nH]2)cc1.CS(=O)(=O)Nc1ccc(CCc2nc3ccc(-c4ccccc4S(N)(=O)=O)cc3[nH]2)cc1. The highest BCUT2D eigenvalue weighted by Crippen LogP contribution is 2.35. The topological polar surface area (TPSA) is 348 Å². The van der Waals surface area contributed by atoms with Gasteiger partial charge >= 0.3 is 31.1 Å². The van der Waals surface area contributed by atoms with E-state index in [4.69, 9.17) is 5.14 Å². The molecule has 0 aliphatic rings. The fourth-order valence-corrected chi connectivity index (χ4v) is 13.7. The first kappa shape index (κ1) is 74.2. The van der Waals surface area contributed by atoms with Crippen molar-refractivity contribution in [3.05, 3.63) is 240 Å². The Hall–Kier alpha value is -10.5. The Morgan fingerprint density at radius 3 is 1.12 bits per heavy atom. The Morgan fingerprint density at radius 1 is 0.402 bits per heavy atom. The van der Waals surface area contributed by atoms with E-state index in [2.05, 4.69) is 39.3 Å². The lowest BCUT2D eigenvalue weighted by atomic mass is 9.97. The van der Waals surface area contributed by atoms with Gasteiger partial charge in [-0.05, 0) is 150 Å². The first-order chi connectivity index (χ1) is 47.9. The van der Waals surface area contributed by atoms with Crippen LogP contribution >= 0.6 is 0 Å². The van der Waals surface area contributed by atoms with Gasteiger partial charge in [0.05, 0.1) is 56.2 Å². The highest BCUT2D eigenvalue weighted by Gasteiger charge is 2.47. The number of aryl methyl sites for hydroxylation is 6. The maximum absolute atomic E-state index is 12.9. The number of nitrogens with zero attached hydrogens (tertiary/aromatic N) is 3. The molecule has 22 nitrogen and oxygen atoms in total. The molecule has 0 fully saturated rings. The van der Waals surface area contributed by atoms with E-state index >= 15 is 0 Å². The average molecular weight is 1500 g/mol. The van der Waals surface area contributed by atoms with Gasteiger partial charge in [0, 0.05) is 53.0 Å². The number of rotatable bonds is 22. The number of carbonyl (C=O) groups is 1. The molecular formula is C69H63F6N11O11S5. The van der Waals surface area contributed by atoms with Crippen molar-refractivity contribution < 1.29 is 73.2 Å². The number of Topliss-reactive ketones (excluding diaryl/α,β-unsaturated/α-hetero) is 1. The quantitative estimate of drug-likeness (QED) is 0.0231. The fraction of sp³-hybridized carbons (Fsp3) is 0.159. The number of alkyl halides is 6. The molecule has 3 aromatic heterocycles. The lowest BCUT2D eigenvalue weighted by molar-refractivity contribution is -0.0435. The summed E-state index contributed by atoms with van der Waals surface area (Å²) in [4.78, 5) is 35.5. The summed E-state index contributed by atoms with van der Waals surface area (Å²) in [5.74, 6) is 2.20. The molecule has 0 atom stereocenters. The summed E-state index contributed by atoms with van der Waals surface area (Å²) in [5, 5.41) is 5.36. The number of anilines is 4. The number of carbonyl (C=O) groups excluding carboxylic acids is 1. The molecule has 0 amide bonds. The van der Waals surface area contributed by atoms with E-state index in [-0.39, 0.29) is 27.6 Å². The molecule has 0 unspecified atom stereocenters. The number of hydrogen-bond donors (Lipinski definition) is 8. The molecule has 0 bridgehead atoms. The molecule has 9 N–H and O–H groups in total. The summed E-state index contributed by atoms with van der Waals surface area (Å²) < 4.78 is 199. The largest absolute Gasteiger partial charge is 0.516 e. The van der Waals surface area contributed by atoms with Crippen molar-refractivity contribution in [2.24, 2.45) is 5.14 Å². The van der Waals surface area contributed by atoms with E-state index in [1.54, 1.807) is 89.7 Å². The van der Waals surface area contributed by atoms with Crippen molar-refractivity contribution in [2.45, 2.75) is 61.4 Å². The van der Waals surface area contributed by atoms with E-state index in [9.17, 15) is 73.2 Å². The summed E-state index contributed by atoms with van der Waals surface area (Å²) in [6.45, 7) is 1.53. The number of primary sulfonamides is 1. The minimum atomic E-state index is -5.57. The van der Waals surface area contributed by atoms with E-state index in [0.717, 1.165) is 86.0 Å². The van der Waals surface area contributed by atoms with Gasteiger partial charge in [0.1, 0.15) is 17.5 Å². The first-order valence-corrected chi connectivity index (χ1v) is 38.9. The van der Waals surface area contributed by atoms with Crippen LogP contribution in [0.25, 0.3) is 66.5 Å². The van der Waals surface area contributed by atoms with Gasteiger partial charge in [-0.25, -0.2) is 45.3 Å². The highest BCUT2D eigenvalue weighted by molar-refractivity contribution is 7.94. The van der Waals surface area contributed by atoms with Crippen molar-refractivity contribution in [3.8, 4) is 33.4 Å². The molecule has 0 spiro atoms. The van der Waals surface area contributed by atoms with E-state index in [1.165, 1.54) is 48.0 Å². The third-order valence-corrected chi connectivity index (χ3v) is 19.9. The Bertz CT molecular complexity index is 5680. The summed E-state index contributed by atoms with van der Waals surface area (Å²) in [7, 11) is -21.5. The number of halogens is 6. The molecule has 0 aliphatic carbocycles. The van der Waals surface area contributed by atoms with E-state index in [1.807, 2.05) is 78.9 Å². The van der Waals surface area contributed by atoms with Crippen molar-refractivity contribution in [1.82, 2.24) is 29.9 Å². The molecular weight excluding hydrogens is 1430 g/mol. The van der Waals surface area contributed by atoms with Crippen LogP contribution in [0.4, 0.5) is 49.1 Å². The summed E-state index contributed by atoms with van der Waals surface area (Å²) in [5.41, 5.74) is 1.56. The number of ketones is 1. The van der Waals surface area contributed by atoms with Crippen LogP contribution < -0.4 is 24.0 Å². The molecule has 102 heavy (non-hydrogen) atoms. The number of nitrogens with one attached hydrogen (secondary N) is 7. The molecule has 9 aromatic carbocycles. The zero-order valence-electron chi connectivity index (χ0n) is 54.0. The summed E-state index contributed by atoms with van der Waals surface area (Å²) in [6, 6.07) is 56.0. The Labute approximate surface area is 582 Å². The molecule has 12 aromatic rings. The zero-order valence-corrected chi connectivity index (χ0v) is 58.1. The van der Waals surface area contributed by atoms with Gasteiger partial charge in [-0.2, -0.15) is 43.2 Å². The van der Waals surface area contributed by atoms with Gasteiger partial charge in [-0.1, -0.05) is 115 Å². The third kappa shape index (κ3) is 19.3. The number of sulfonamides is 5. The Morgan fingerprint density at radius 2 is 0.735 bits per heavy atom. The summed E-state index contributed by atoms with van der Waals surface area (Å²) >= 11 is 0. The van der Waals surface area contributed by atoms with Gasteiger partial charge in [0.2, 0.25) is 30.1 Å². The van der Waals surface area contributed by atoms with E-state index in [0.29, 0.717) is 77.0 Å². The van der Waals surface area contributed by atoms with Gasteiger partial charge in [0.25, 0.3) is 0 Å². The number of aromatic nitrogens is 6. The maximum Gasteiger partial charge on any atom is 0.516 e. The molecule has 3 heterocycles. The minimum Gasteiger partial charge on any atom is -0.342 e. The lowest BCUT2D eigenvalue weighted by Crippen LogP contribution is -2.30. The molecule has 0 saturated heterocycles. The monoisotopic (exact) mass is 1500 g/mol. The van der Waals surface area contributed by atoms with Gasteiger partial charge in [-0.15, -0.1) is 0 Å². The second-order valence-electron chi connectivity index (χ2n) is 23.4. The standard InChI is InChI=1S/C24H20F3N3O3S.C23H21F3N4O4S2.C22H22N4O4S2/c1-15(31)19-4-2-3-5-20(19)17-9-12-21-22(14-17)29-23(28-21)13-8-16-6-10-18(11-7-16)30-34(32,33)24(25,26)27;1-35(31,32)29-17-10-6-15(7-11-17)8-13-22-27-20-12-9-16(14-21(20)28-22)18-4-2-3-5-19(18)30-36(33,34)23(24,25)26;1-31(27,28)26-17-10-6-15(7-11-17)8-13-22-24-19-12-9-16(14-20(19)25-22)18-4-2-3-5-21(18)32(23,29)30/h2-7,9-12,14,30H,8,13H2,1H3,(H,28,29);2-7,9-12,14,29-30H,8,13H2,1H3,(H,27,28);2-7,9-12,14,26H,8,13H2,1H3,(H,24,25)(H2,23,29,30). The highest BCUT2D eigenvalue weighted by atomic mass is 32.2. The van der Waals surface area contributed by atoms with Gasteiger partial charge in [-0.3, -0.25) is 23.7 Å². The number of imidazole rings is 3.